The number of piperidine rings is 1. The molecule has 78 valence electrons. The Morgan fingerprint density at radius 3 is 2.93 bits per heavy atom. The molecule has 0 aromatic carbocycles. The van der Waals surface area contributed by atoms with Crippen molar-refractivity contribution in [3.63, 3.8) is 0 Å². The van der Waals surface area contributed by atoms with Crippen LogP contribution in [0, 0.1) is 17.4 Å². The zero-order chi connectivity index (χ0) is 10.6. The van der Waals surface area contributed by atoms with Gasteiger partial charge in [0.25, 0.3) is 0 Å². The van der Waals surface area contributed by atoms with E-state index in [1.807, 2.05) is 18.1 Å². The van der Waals surface area contributed by atoms with Gasteiger partial charge in [-0.25, -0.2) is 0 Å². The third-order valence-electron chi connectivity index (χ3n) is 2.52. The topological polar surface area (TPSA) is 59.6 Å². The van der Waals surface area contributed by atoms with Crippen molar-refractivity contribution < 1.29 is 5.11 Å². The summed E-state index contributed by atoms with van der Waals surface area (Å²) in [6, 6.07) is 0. The Kier molecular flexibility index (Phi) is 4.23. The van der Waals surface area contributed by atoms with Crippen molar-refractivity contribution in [2.75, 3.05) is 19.3 Å². The zero-order valence-corrected chi connectivity index (χ0v) is 9.29. The maximum absolute atomic E-state index is 9.67. The fraction of sp³-hybridized carbons (Fsp3) is 0.778. The molecule has 1 N–H and O–H groups in total. The van der Waals surface area contributed by atoms with Crippen LogP contribution < -0.4 is 0 Å². The van der Waals surface area contributed by atoms with Gasteiger partial charge in [0, 0.05) is 13.1 Å². The summed E-state index contributed by atoms with van der Waals surface area (Å²) in [7, 11) is 0. The van der Waals surface area contributed by atoms with Crippen molar-refractivity contribution in [3.05, 3.63) is 0 Å². The molecule has 1 fully saturated rings. The number of nitrogens with zero attached hydrogens (tertiary/aromatic N) is 3. The van der Waals surface area contributed by atoms with E-state index in [1.165, 1.54) is 11.8 Å². The summed E-state index contributed by atoms with van der Waals surface area (Å²) in [5, 5.41) is 18.9. The Morgan fingerprint density at radius 2 is 2.43 bits per heavy atom. The number of nitriles is 1. The molecule has 2 unspecified atom stereocenters. The molecule has 1 rings (SSSR count). The van der Waals surface area contributed by atoms with E-state index in [0.717, 1.165) is 13.0 Å². The predicted octanol–water partition coefficient (Wildman–Crippen LogP) is 0.889. The lowest BCUT2D eigenvalue weighted by atomic mass is 9.96. The minimum Gasteiger partial charge on any atom is -0.391 e. The van der Waals surface area contributed by atoms with Crippen molar-refractivity contribution in [2.24, 2.45) is 10.9 Å². The molecule has 1 aliphatic heterocycles. The monoisotopic (exact) mass is 213 g/mol. The zero-order valence-electron chi connectivity index (χ0n) is 8.47. The number of thioether (sulfide) groups is 1. The number of hydrogen-bond acceptors (Lipinski definition) is 4. The third-order valence-corrected chi connectivity index (χ3v) is 3.23. The SMILES string of the molecule is CSC(=NC#N)N1CCC(C)C(O)C1. The van der Waals surface area contributed by atoms with Crippen LogP contribution in [0.15, 0.2) is 4.99 Å². The van der Waals surface area contributed by atoms with Crippen LogP contribution in [0.5, 0.6) is 0 Å². The molecule has 0 saturated carbocycles. The summed E-state index contributed by atoms with van der Waals surface area (Å²) in [5.74, 6) is 0.344. The first kappa shape index (κ1) is 11.3. The third kappa shape index (κ3) is 2.63. The highest BCUT2D eigenvalue weighted by Crippen LogP contribution is 2.19. The normalized spacial score (nSPS) is 28.7. The molecule has 2 atom stereocenters. The number of aliphatic hydroxyl groups excluding tert-OH is 1. The molecule has 14 heavy (non-hydrogen) atoms. The van der Waals surface area contributed by atoms with Crippen LogP contribution in [0.3, 0.4) is 0 Å². The highest BCUT2D eigenvalue weighted by atomic mass is 32.2. The second-order valence-corrected chi connectivity index (χ2v) is 4.25. The second kappa shape index (κ2) is 5.23. The molecular formula is C9H15N3OS. The summed E-state index contributed by atoms with van der Waals surface area (Å²) in [5.41, 5.74) is 0. The number of amidine groups is 1. The van der Waals surface area contributed by atoms with E-state index in [2.05, 4.69) is 4.99 Å². The smallest absolute Gasteiger partial charge is 0.208 e. The minimum atomic E-state index is -0.306. The number of β-amino-alcohol motifs (C(OH)–C–C–N with tert-alkyl or cyclic N) is 1. The summed E-state index contributed by atoms with van der Waals surface area (Å²) < 4.78 is 0. The molecule has 1 aliphatic rings. The fourth-order valence-corrected chi connectivity index (χ4v) is 2.07. The predicted molar refractivity (Wildman–Crippen MR) is 57.9 cm³/mol. The maximum atomic E-state index is 9.67. The Hall–Kier alpha value is -0.730. The van der Waals surface area contributed by atoms with E-state index in [4.69, 9.17) is 5.26 Å². The van der Waals surface area contributed by atoms with Crippen molar-refractivity contribution in [3.8, 4) is 6.19 Å². The average molecular weight is 213 g/mol. The molecular weight excluding hydrogens is 198 g/mol. The number of aliphatic hydroxyl groups is 1. The van der Waals surface area contributed by atoms with Gasteiger partial charge in [-0.15, -0.1) is 4.99 Å². The summed E-state index contributed by atoms with van der Waals surface area (Å²) >= 11 is 1.45. The van der Waals surface area contributed by atoms with E-state index in [-0.39, 0.29) is 6.10 Å². The standard InChI is InChI=1S/C9H15N3OS/c1-7-3-4-12(5-8(7)13)9(14-2)11-6-10/h7-8,13H,3-5H2,1-2H3. The lowest BCUT2D eigenvalue weighted by Crippen LogP contribution is -2.44. The first-order valence-corrected chi connectivity index (χ1v) is 5.85. The van der Waals surface area contributed by atoms with Crippen LogP contribution in [0.2, 0.25) is 0 Å². The van der Waals surface area contributed by atoms with E-state index in [1.54, 1.807) is 6.19 Å². The Bertz CT molecular complexity index is 261. The van der Waals surface area contributed by atoms with E-state index in [0.29, 0.717) is 17.6 Å². The molecule has 5 heteroatoms. The van der Waals surface area contributed by atoms with E-state index in [9.17, 15) is 5.11 Å². The Balaban J connectivity index is 2.62. The lowest BCUT2D eigenvalue weighted by Gasteiger charge is -2.35. The molecule has 1 saturated heterocycles. The first-order valence-electron chi connectivity index (χ1n) is 4.62. The fourth-order valence-electron chi connectivity index (χ4n) is 1.51. The van der Waals surface area contributed by atoms with Gasteiger partial charge in [-0.1, -0.05) is 18.7 Å². The molecule has 0 aromatic rings. The van der Waals surface area contributed by atoms with Crippen molar-refractivity contribution in [2.45, 2.75) is 19.4 Å². The quantitative estimate of drug-likeness (QED) is 0.369. The molecule has 4 nitrogen and oxygen atoms in total. The number of rotatable bonds is 0. The van der Waals surface area contributed by atoms with Crippen LogP contribution in [0.25, 0.3) is 0 Å². The number of hydrogen-bond donors (Lipinski definition) is 1. The molecule has 0 amide bonds. The van der Waals surface area contributed by atoms with Crippen molar-refractivity contribution in [1.29, 1.82) is 5.26 Å². The summed E-state index contributed by atoms with van der Waals surface area (Å²) in [4.78, 5) is 5.70. The summed E-state index contributed by atoms with van der Waals surface area (Å²) in [6.07, 6.45) is 4.32. The van der Waals surface area contributed by atoms with Crippen LogP contribution >= 0.6 is 11.8 Å². The van der Waals surface area contributed by atoms with Crippen LogP contribution in [0.4, 0.5) is 0 Å². The van der Waals surface area contributed by atoms with E-state index >= 15 is 0 Å². The van der Waals surface area contributed by atoms with Gasteiger partial charge in [0.1, 0.15) is 0 Å². The van der Waals surface area contributed by atoms with E-state index < -0.39 is 0 Å². The number of aliphatic imine (C=N–C) groups is 1. The Labute approximate surface area is 88.6 Å². The molecule has 0 bridgehead atoms. The lowest BCUT2D eigenvalue weighted by molar-refractivity contribution is 0.0573. The van der Waals surface area contributed by atoms with Gasteiger partial charge in [-0.2, -0.15) is 5.26 Å². The highest BCUT2D eigenvalue weighted by molar-refractivity contribution is 8.13. The van der Waals surface area contributed by atoms with Crippen LogP contribution in [0.1, 0.15) is 13.3 Å². The molecule has 0 aliphatic carbocycles. The molecule has 1 heterocycles. The van der Waals surface area contributed by atoms with Gasteiger partial charge < -0.3 is 10.0 Å². The van der Waals surface area contributed by atoms with Gasteiger partial charge in [0.15, 0.2) is 5.17 Å². The summed E-state index contributed by atoms with van der Waals surface area (Å²) in [6.45, 7) is 3.50. The van der Waals surface area contributed by atoms with Gasteiger partial charge in [0.05, 0.1) is 6.10 Å². The average Bonchev–Trinajstić information content (AvgIpc) is 2.19. The minimum absolute atomic E-state index is 0.306. The molecule has 0 radical (unpaired) electrons. The molecule has 0 aromatic heterocycles. The van der Waals surface area contributed by atoms with Crippen molar-refractivity contribution >= 4 is 16.9 Å². The van der Waals surface area contributed by atoms with Crippen LogP contribution in [-0.4, -0.2) is 40.6 Å². The molecule has 0 spiro atoms. The van der Waals surface area contributed by atoms with Crippen LogP contribution in [-0.2, 0) is 0 Å². The van der Waals surface area contributed by atoms with Gasteiger partial charge in [-0.05, 0) is 18.6 Å². The van der Waals surface area contributed by atoms with Gasteiger partial charge in [0.2, 0.25) is 6.19 Å². The highest BCUT2D eigenvalue weighted by Gasteiger charge is 2.25. The first-order chi connectivity index (χ1) is 6.69. The van der Waals surface area contributed by atoms with Gasteiger partial charge in [-0.3, -0.25) is 0 Å². The number of likely N-dealkylation sites (tertiary alicyclic amines) is 1. The Morgan fingerprint density at radius 1 is 1.71 bits per heavy atom. The second-order valence-electron chi connectivity index (χ2n) is 3.48. The van der Waals surface area contributed by atoms with Crippen molar-refractivity contribution in [1.82, 2.24) is 4.90 Å². The largest absolute Gasteiger partial charge is 0.391 e. The maximum Gasteiger partial charge on any atom is 0.208 e. The van der Waals surface area contributed by atoms with Gasteiger partial charge >= 0.3 is 0 Å².